The summed E-state index contributed by atoms with van der Waals surface area (Å²) in [5.41, 5.74) is 0. The highest BCUT2D eigenvalue weighted by Gasteiger charge is 2.47. The second kappa shape index (κ2) is 7.21. The molecule has 2 aliphatic carbocycles. The molecule has 26 heavy (non-hydrogen) atoms. The van der Waals surface area contributed by atoms with Gasteiger partial charge in [-0.1, -0.05) is 25.7 Å². The molecule has 3 amide bonds. The fourth-order valence-electron chi connectivity index (χ4n) is 4.72. The molecule has 1 aromatic heterocycles. The number of carbonyl (C=O) groups excluding carboxylic acids is 3. The Morgan fingerprint density at radius 3 is 2.31 bits per heavy atom. The van der Waals surface area contributed by atoms with E-state index in [2.05, 4.69) is 10.4 Å². The number of hydrogen-bond acceptors (Lipinski definition) is 4. The van der Waals surface area contributed by atoms with Crippen LogP contribution in [0.1, 0.15) is 63.8 Å². The third-order valence-corrected chi connectivity index (χ3v) is 6.10. The zero-order chi connectivity index (χ0) is 18.1. The predicted octanol–water partition coefficient (Wildman–Crippen LogP) is 2.50. The SMILES string of the molecule is O=C(CCN1C(=O)C2CCCCC2C1=O)Nc1ccnn1C1CCCC1. The number of nitrogens with zero attached hydrogens (tertiary/aromatic N) is 3. The third-order valence-electron chi connectivity index (χ3n) is 6.10. The highest BCUT2D eigenvalue weighted by Crippen LogP contribution is 2.38. The smallest absolute Gasteiger partial charge is 0.233 e. The molecule has 2 unspecified atom stereocenters. The topological polar surface area (TPSA) is 84.3 Å². The van der Waals surface area contributed by atoms with E-state index in [1.54, 1.807) is 12.3 Å². The van der Waals surface area contributed by atoms with Gasteiger partial charge in [0.2, 0.25) is 17.7 Å². The highest BCUT2D eigenvalue weighted by atomic mass is 16.2. The molecule has 2 atom stereocenters. The Bertz CT molecular complexity index is 683. The van der Waals surface area contributed by atoms with Gasteiger partial charge in [0.15, 0.2) is 0 Å². The molecule has 4 rings (SSSR count). The van der Waals surface area contributed by atoms with Crippen LogP contribution in [0, 0.1) is 11.8 Å². The summed E-state index contributed by atoms with van der Waals surface area (Å²) in [7, 11) is 0. The van der Waals surface area contributed by atoms with Crippen molar-refractivity contribution in [3.05, 3.63) is 12.3 Å². The largest absolute Gasteiger partial charge is 0.311 e. The van der Waals surface area contributed by atoms with Gasteiger partial charge < -0.3 is 5.32 Å². The minimum atomic E-state index is -0.180. The van der Waals surface area contributed by atoms with E-state index in [4.69, 9.17) is 0 Å². The van der Waals surface area contributed by atoms with Crippen molar-refractivity contribution in [2.45, 2.75) is 63.8 Å². The summed E-state index contributed by atoms with van der Waals surface area (Å²) in [6.45, 7) is 0.175. The average molecular weight is 358 g/mol. The fraction of sp³-hybridized carbons (Fsp3) is 0.684. The third kappa shape index (κ3) is 3.15. The summed E-state index contributed by atoms with van der Waals surface area (Å²) < 4.78 is 1.89. The molecule has 1 aliphatic heterocycles. The van der Waals surface area contributed by atoms with Crippen LogP contribution >= 0.6 is 0 Å². The van der Waals surface area contributed by atoms with Gasteiger partial charge in [-0.15, -0.1) is 0 Å². The number of aromatic nitrogens is 2. The van der Waals surface area contributed by atoms with Gasteiger partial charge in [0.25, 0.3) is 0 Å². The zero-order valence-electron chi connectivity index (χ0n) is 15.0. The molecule has 140 valence electrons. The predicted molar refractivity (Wildman–Crippen MR) is 95.1 cm³/mol. The van der Waals surface area contributed by atoms with E-state index >= 15 is 0 Å². The maximum Gasteiger partial charge on any atom is 0.233 e. The summed E-state index contributed by atoms with van der Waals surface area (Å²) >= 11 is 0. The second-order valence-corrected chi connectivity index (χ2v) is 7.72. The van der Waals surface area contributed by atoms with Crippen LogP contribution in [-0.2, 0) is 14.4 Å². The van der Waals surface area contributed by atoms with Crippen molar-refractivity contribution in [3.63, 3.8) is 0 Å². The van der Waals surface area contributed by atoms with Crippen molar-refractivity contribution in [2.75, 3.05) is 11.9 Å². The summed E-state index contributed by atoms with van der Waals surface area (Å²) in [5, 5.41) is 7.24. The van der Waals surface area contributed by atoms with Crippen LogP contribution in [0.5, 0.6) is 0 Å². The first kappa shape index (κ1) is 17.2. The van der Waals surface area contributed by atoms with Gasteiger partial charge in [0.05, 0.1) is 24.1 Å². The van der Waals surface area contributed by atoms with Crippen molar-refractivity contribution < 1.29 is 14.4 Å². The first-order valence-electron chi connectivity index (χ1n) is 9.84. The molecule has 7 nitrogen and oxygen atoms in total. The lowest BCUT2D eigenvalue weighted by molar-refractivity contribution is -0.140. The Morgan fingerprint density at radius 2 is 1.65 bits per heavy atom. The maximum atomic E-state index is 12.5. The van der Waals surface area contributed by atoms with E-state index in [0.29, 0.717) is 11.9 Å². The molecule has 3 fully saturated rings. The molecular weight excluding hydrogens is 332 g/mol. The number of nitrogens with one attached hydrogen (secondary N) is 1. The van der Waals surface area contributed by atoms with Crippen LogP contribution in [0.15, 0.2) is 12.3 Å². The lowest BCUT2D eigenvalue weighted by Gasteiger charge is -2.19. The molecule has 2 heterocycles. The molecule has 0 bridgehead atoms. The van der Waals surface area contributed by atoms with E-state index in [1.165, 1.54) is 17.7 Å². The quantitative estimate of drug-likeness (QED) is 0.820. The summed E-state index contributed by atoms with van der Waals surface area (Å²) in [5.74, 6) is 0.0630. The highest BCUT2D eigenvalue weighted by molar-refractivity contribution is 6.05. The number of carbonyl (C=O) groups is 3. The van der Waals surface area contributed by atoms with Gasteiger partial charge in [0.1, 0.15) is 5.82 Å². The Labute approximate surface area is 153 Å². The van der Waals surface area contributed by atoms with Crippen LogP contribution in [-0.4, -0.2) is 38.9 Å². The molecule has 3 aliphatic rings. The lowest BCUT2D eigenvalue weighted by atomic mass is 9.81. The summed E-state index contributed by atoms with van der Waals surface area (Å²) in [6, 6.07) is 2.15. The molecule has 2 saturated carbocycles. The fourth-order valence-corrected chi connectivity index (χ4v) is 4.72. The van der Waals surface area contributed by atoms with Gasteiger partial charge in [-0.05, 0) is 25.7 Å². The van der Waals surface area contributed by atoms with E-state index in [0.717, 1.165) is 38.5 Å². The Hall–Kier alpha value is -2.18. The summed E-state index contributed by atoms with van der Waals surface area (Å²) in [4.78, 5) is 38.6. The first-order chi connectivity index (χ1) is 12.6. The zero-order valence-corrected chi connectivity index (χ0v) is 15.0. The molecule has 7 heteroatoms. The van der Waals surface area contributed by atoms with Crippen LogP contribution in [0.4, 0.5) is 5.82 Å². The molecule has 0 radical (unpaired) electrons. The van der Waals surface area contributed by atoms with E-state index < -0.39 is 0 Å². The number of hydrogen-bond donors (Lipinski definition) is 1. The van der Waals surface area contributed by atoms with Gasteiger partial charge in [-0.25, -0.2) is 4.68 Å². The van der Waals surface area contributed by atoms with Crippen molar-refractivity contribution in [1.29, 1.82) is 0 Å². The normalized spacial score (nSPS) is 26.4. The standard InChI is InChI=1S/C19H26N4O3/c24-17(21-16-9-11-20-23(16)13-5-1-2-6-13)10-12-22-18(25)14-7-3-4-8-15(14)19(22)26/h9,11,13-15H,1-8,10,12H2,(H,21,24). The number of imide groups is 1. The Balaban J connectivity index is 1.34. The van der Waals surface area contributed by atoms with Crippen molar-refractivity contribution in [3.8, 4) is 0 Å². The molecule has 1 saturated heterocycles. The molecule has 1 N–H and O–H groups in total. The minimum Gasteiger partial charge on any atom is -0.311 e. The van der Waals surface area contributed by atoms with Crippen LogP contribution in [0.2, 0.25) is 0 Å². The van der Waals surface area contributed by atoms with Gasteiger partial charge in [-0.3, -0.25) is 19.3 Å². The molecule has 1 aromatic rings. The Kier molecular flexibility index (Phi) is 4.78. The summed E-state index contributed by atoms with van der Waals surface area (Å²) in [6.07, 6.45) is 10.0. The van der Waals surface area contributed by atoms with Crippen molar-refractivity contribution >= 4 is 23.5 Å². The van der Waals surface area contributed by atoms with E-state index in [-0.39, 0.29) is 42.5 Å². The van der Waals surface area contributed by atoms with Gasteiger partial charge in [0, 0.05) is 19.0 Å². The number of amides is 3. The molecular formula is C19H26N4O3. The van der Waals surface area contributed by atoms with Crippen LogP contribution in [0.25, 0.3) is 0 Å². The number of anilines is 1. The first-order valence-corrected chi connectivity index (χ1v) is 9.84. The molecule has 0 aromatic carbocycles. The Morgan fingerprint density at radius 1 is 1.04 bits per heavy atom. The molecule has 0 spiro atoms. The van der Waals surface area contributed by atoms with E-state index in [9.17, 15) is 14.4 Å². The number of likely N-dealkylation sites (tertiary alicyclic amines) is 1. The number of rotatable bonds is 5. The second-order valence-electron chi connectivity index (χ2n) is 7.72. The number of fused-ring (bicyclic) bond motifs is 1. The van der Waals surface area contributed by atoms with E-state index in [1.807, 2.05) is 4.68 Å². The lowest BCUT2D eigenvalue weighted by Crippen LogP contribution is -2.34. The van der Waals surface area contributed by atoms with Crippen LogP contribution < -0.4 is 5.32 Å². The van der Waals surface area contributed by atoms with Gasteiger partial charge in [-0.2, -0.15) is 5.10 Å². The van der Waals surface area contributed by atoms with Crippen LogP contribution in [0.3, 0.4) is 0 Å². The monoisotopic (exact) mass is 358 g/mol. The minimum absolute atomic E-state index is 0.0801. The van der Waals surface area contributed by atoms with Crippen molar-refractivity contribution in [1.82, 2.24) is 14.7 Å². The average Bonchev–Trinajstić information content (AvgIpc) is 3.36. The van der Waals surface area contributed by atoms with Gasteiger partial charge >= 0.3 is 0 Å². The van der Waals surface area contributed by atoms with Crippen molar-refractivity contribution in [2.24, 2.45) is 11.8 Å². The maximum absolute atomic E-state index is 12.5.